The van der Waals surface area contributed by atoms with Crippen LogP contribution in [0.2, 0.25) is 0 Å². The average Bonchev–Trinajstić information content (AvgIpc) is 3.03. The predicted octanol–water partition coefficient (Wildman–Crippen LogP) is 5.51. The Bertz CT molecular complexity index is 824. The zero-order chi connectivity index (χ0) is 19.1. The first-order valence-corrected chi connectivity index (χ1v) is 9.21. The summed E-state index contributed by atoms with van der Waals surface area (Å²) in [6, 6.07) is 14.3. The Hall–Kier alpha value is -2.29. The van der Waals surface area contributed by atoms with Crippen LogP contribution in [0, 0.1) is 0 Å². The lowest BCUT2D eigenvalue weighted by atomic mass is 9.79. The largest absolute Gasteiger partial charge is 0.507 e. The zero-order valence-corrected chi connectivity index (χ0v) is 16.6. The van der Waals surface area contributed by atoms with Crippen LogP contribution in [0.15, 0.2) is 47.5 Å². The summed E-state index contributed by atoms with van der Waals surface area (Å²) in [5.41, 5.74) is 3.73. The van der Waals surface area contributed by atoms with Gasteiger partial charge in [0.05, 0.1) is 5.56 Å². The van der Waals surface area contributed by atoms with E-state index in [0.29, 0.717) is 18.1 Å². The standard InChI is InChI=1S/C23H29NO2/c1-22(2,3)16-12-17(20(25)18(13-16)23(4,5)6)21-24-19(14-26-21)15-10-8-7-9-11-15/h7-13,19,25H,14H2,1-6H3. The number of phenols is 1. The molecule has 2 aromatic rings. The SMILES string of the molecule is CC(C)(C)c1cc(C2=NC(c3ccccc3)CO2)c(O)c(C(C)(C)C)c1. The summed E-state index contributed by atoms with van der Waals surface area (Å²) in [7, 11) is 0. The molecule has 1 aliphatic heterocycles. The summed E-state index contributed by atoms with van der Waals surface area (Å²) in [5.74, 6) is 0.811. The molecule has 3 rings (SSSR count). The topological polar surface area (TPSA) is 41.8 Å². The van der Waals surface area contributed by atoms with Gasteiger partial charge < -0.3 is 9.84 Å². The van der Waals surface area contributed by atoms with E-state index in [1.54, 1.807) is 0 Å². The van der Waals surface area contributed by atoms with Crippen molar-refractivity contribution in [1.29, 1.82) is 0 Å². The summed E-state index contributed by atoms with van der Waals surface area (Å²) in [6.07, 6.45) is 0. The van der Waals surface area contributed by atoms with E-state index in [0.717, 1.165) is 11.1 Å². The quantitative estimate of drug-likeness (QED) is 0.775. The molecule has 0 radical (unpaired) electrons. The van der Waals surface area contributed by atoms with Crippen LogP contribution >= 0.6 is 0 Å². The smallest absolute Gasteiger partial charge is 0.220 e. The second-order valence-corrected chi connectivity index (χ2v) is 9.09. The molecule has 0 aromatic heterocycles. The highest BCUT2D eigenvalue weighted by molar-refractivity contribution is 5.98. The van der Waals surface area contributed by atoms with Crippen molar-refractivity contribution in [2.45, 2.75) is 58.4 Å². The van der Waals surface area contributed by atoms with E-state index in [9.17, 15) is 5.11 Å². The number of benzene rings is 2. The molecular weight excluding hydrogens is 322 g/mol. The maximum atomic E-state index is 11.0. The lowest BCUT2D eigenvalue weighted by Crippen LogP contribution is -2.18. The molecule has 1 aliphatic rings. The molecule has 1 atom stereocenters. The third-order valence-electron chi connectivity index (χ3n) is 4.85. The molecule has 1 N–H and O–H groups in total. The Balaban J connectivity index is 2.10. The second kappa shape index (κ2) is 6.46. The van der Waals surface area contributed by atoms with E-state index in [-0.39, 0.29) is 22.6 Å². The molecule has 0 spiro atoms. The van der Waals surface area contributed by atoms with Crippen LogP contribution in [0.4, 0.5) is 0 Å². The minimum absolute atomic E-state index is 0.0259. The van der Waals surface area contributed by atoms with Gasteiger partial charge in [-0.2, -0.15) is 0 Å². The van der Waals surface area contributed by atoms with E-state index in [1.807, 2.05) is 24.3 Å². The Kier molecular flexibility index (Phi) is 4.60. The van der Waals surface area contributed by atoms with E-state index >= 15 is 0 Å². The highest BCUT2D eigenvalue weighted by Crippen LogP contribution is 2.39. The van der Waals surface area contributed by atoms with Gasteiger partial charge in [-0.25, -0.2) is 4.99 Å². The third kappa shape index (κ3) is 3.62. The number of nitrogens with zero attached hydrogens (tertiary/aromatic N) is 1. The Labute approximate surface area is 156 Å². The lowest BCUT2D eigenvalue weighted by Gasteiger charge is -2.27. The van der Waals surface area contributed by atoms with Crippen molar-refractivity contribution in [3.63, 3.8) is 0 Å². The first-order valence-electron chi connectivity index (χ1n) is 9.21. The number of hydrogen-bond donors (Lipinski definition) is 1. The fraction of sp³-hybridized carbons (Fsp3) is 0.435. The van der Waals surface area contributed by atoms with Crippen LogP contribution in [-0.4, -0.2) is 17.6 Å². The van der Waals surface area contributed by atoms with Gasteiger partial charge >= 0.3 is 0 Å². The summed E-state index contributed by atoms with van der Waals surface area (Å²) in [4.78, 5) is 4.77. The molecule has 3 heteroatoms. The maximum Gasteiger partial charge on any atom is 0.220 e. The van der Waals surface area contributed by atoms with Gasteiger partial charge in [-0.3, -0.25) is 0 Å². The molecule has 26 heavy (non-hydrogen) atoms. The van der Waals surface area contributed by atoms with Crippen molar-refractivity contribution >= 4 is 5.90 Å². The minimum atomic E-state index is -0.169. The van der Waals surface area contributed by atoms with Crippen LogP contribution in [0.25, 0.3) is 0 Å². The van der Waals surface area contributed by atoms with E-state index in [4.69, 9.17) is 9.73 Å². The highest BCUT2D eigenvalue weighted by atomic mass is 16.5. The van der Waals surface area contributed by atoms with Crippen LogP contribution in [0.5, 0.6) is 5.75 Å². The fourth-order valence-corrected chi connectivity index (χ4v) is 3.17. The van der Waals surface area contributed by atoms with Crippen LogP contribution in [0.1, 0.15) is 69.8 Å². The molecule has 0 saturated heterocycles. The molecule has 138 valence electrons. The van der Waals surface area contributed by atoms with E-state index < -0.39 is 0 Å². The molecule has 0 aliphatic carbocycles. The Morgan fingerprint density at radius 3 is 2.19 bits per heavy atom. The van der Waals surface area contributed by atoms with Gasteiger partial charge in [-0.05, 0) is 28.0 Å². The normalized spacial score (nSPS) is 17.8. The number of aromatic hydroxyl groups is 1. The molecule has 1 heterocycles. The van der Waals surface area contributed by atoms with Gasteiger partial charge in [-0.15, -0.1) is 0 Å². The number of phenolic OH excluding ortho intramolecular Hbond substituents is 1. The molecule has 1 unspecified atom stereocenters. The van der Waals surface area contributed by atoms with Crippen molar-refractivity contribution in [1.82, 2.24) is 0 Å². The van der Waals surface area contributed by atoms with E-state index in [2.05, 4.69) is 59.7 Å². The van der Waals surface area contributed by atoms with Crippen molar-refractivity contribution in [2.75, 3.05) is 6.61 Å². The molecule has 2 aromatic carbocycles. The third-order valence-corrected chi connectivity index (χ3v) is 4.85. The number of ether oxygens (including phenoxy) is 1. The van der Waals surface area contributed by atoms with Crippen molar-refractivity contribution in [3.8, 4) is 5.75 Å². The van der Waals surface area contributed by atoms with Crippen molar-refractivity contribution in [2.24, 2.45) is 4.99 Å². The van der Waals surface area contributed by atoms with Gasteiger partial charge in [0.2, 0.25) is 5.90 Å². The van der Waals surface area contributed by atoms with Gasteiger partial charge in [0.15, 0.2) is 0 Å². The number of aliphatic imine (C=N–C) groups is 1. The molecule has 3 nitrogen and oxygen atoms in total. The first-order chi connectivity index (χ1) is 12.1. The fourth-order valence-electron chi connectivity index (χ4n) is 3.17. The first kappa shape index (κ1) is 18.5. The van der Waals surface area contributed by atoms with Gasteiger partial charge in [0.1, 0.15) is 18.4 Å². The number of rotatable bonds is 2. The van der Waals surface area contributed by atoms with E-state index in [1.165, 1.54) is 5.56 Å². The molecular formula is C23H29NO2. The van der Waals surface area contributed by atoms with Crippen molar-refractivity contribution < 1.29 is 9.84 Å². The van der Waals surface area contributed by atoms with Crippen LogP contribution in [-0.2, 0) is 15.6 Å². The van der Waals surface area contributed by atoms with Crippen LogP contribution in [0.3, 0.4) is 0 Å². The van der Waals surface area contributed by atoms with Gasteiger partial charge in [0.25, 0.3) is 0 Å². The van der Waals surface area contributed by atoms with Gasteiger partial charge in [0, 0.05) is 5.56 Å². The molecule has 0 bridgehead atoms. The highest BCUT2D eigenvalue weighted by Gasteiger charge is 2.29. The molecule has 0 amide bonds. The molecule has 0 fully saturated rings. The summed E-state index contributed by atoms with van der Waals surface area (Å²) < 4.78 is 5.91. The summed E-state index contributed by atoms with van der Waals surface area (Å²) in [6.45, 7) is 13.4. The second-order valence-electron chi connectivity index (χ2n) is 9.09. The van der Waals surface area contributed by atoms with Crippen LogP contribution < -0.4 is 0 Å². The predicted molar refractivity (Wildman–Crippen MR) is 107 cm³/mol. The average molecular weight is 351 g/mol. The van der Waals surface area contributed by atoms with Crippen molar-refractivity contribution in [3.05, 3.63) is 64.7 Å². The number of hydrogen-bond acceptors (Lipinski definition) is 3. The summed E-state index contributed by atoms with van der Waals surface area (Å²) in [5, 5.41) is 11.0. The van der Waals surface area contributed by atoms with Gasteiger partial charge in [-0.1, -0.05) is 77.9 Å². The molecule has 0 saturated carbocycles. The summed E-state index contributed by atoms with van der Waals surface area (Å²) >= 11 is 0. The Morgan fingerprint density at radius 2 is 1.62 bits per heavy atom. The minimum Gasteiger partial charge on any atom is -0.507 e. The lowest BCUT2D eigenvalue weighted by molar-refractivity contribution is 0.318. The Morgan fingerprint density at radius 1 is 0.962 bits per heavy atom. The zero-order valence-electron chi connectivity index (χ0n) is 16.6. The monoisotopic (exact) mass is 351 g/mol. The maximum absolute atomic E-state index is 11.0.